The number of nitrogens with zero attached hydrogens (tertiary/aromatic N) is 1. The van der Waals surface area contributed by atoms with Crippen LogP contribution in [0.25, 0.3) is 85.8 Å². The molecule has 0 saturated carbocycles. The molecule has 0 N–H and O–H groups in total. The Morgan fingerprint density at radius 3 is 1.44 bits per heavy atom. The Morgan fingerprint density at radius 1 is 0.366 bits per heavy atom. The van der Waals surface area contributed by atoms with Crippen molar-refractivity contribution in [3.63, 3.8) is 0 Å². The predicted octanol–water partition coefficient (Wildman–Crippen LogP) is 11.4. The molecule has 8 aromatic carbocycles. The SMILES string of the molecule is c1ccc2sc(-c3ccc(-c4ccc5c6ccccc6c6c7ccccc7c7ccccc7c6c5c4)cc3)nc2c1. The van der Waals surface area contributed by atoms with Crippen LogP contribution in [-0.4, -0.2) is 4.98 Å². The normalized spacial score (nSPS) is 11.9. The summed E-state index contributed by atoms with van der Waals surface area (Å²) in [6, 6.07) is 50.9. The van der Waals surface area contributed by atoms with Crippen LogP contribution in [0.5, 0.6) is 0 Å². The van der Waals surface area contributed by atoms with Crippen molar-refractivity contribution in [2.45, 2.75) is 0 Å². The van der Waals surface area contributed by atoms with Gasteiger partial charge in [-0.1, -0.05) is 121 Å². The Morgan fingerprint density at radius 2 is 0.829 bits per heavy atom. The molecule has 0 radical (unpaired) electrons. The van der Waals surface area contributed by atoms with E-state index in [0.29, 0.717) is 0 Å². The minimum absolute atomic E-state index is 1.06. The standard InChI is InChI=1S/C39H23NS/c1-4-12-31-27(9-1)28-10-2-6-14-33(28)38-34-23-26(21-22-30(34)29-11-3-5-13-32(29)37(31)38)24-17-19-25(20-18-24)39-40-35-15-7-8-16-36(35)41-39/h1-23H. The molecule has 0 amide bonds. The summed E-state index contributed by atoms with van der Waals surface area (Å²) < 4.78 is 1.22. The van der Waals surface area contributed by atoms with Gasteiger partial charge in [-0.25, -0.2) is 4.98 Å². The second-order valence-corrected chi connectivity index (χ2v) is 11.7. The van der Waals surface area contributed by atoms with Gasteiger partial charge in [-0.05, 0) is 83.2 Å². The van der Waals surface area contributed by atoms with E-state index in [9.17, 15) is 0 Å². The molecule has 190 valence electrons. The molecule has 0 saturated heterocycles. The van der Waals surface area contributed by atoms with E-state index in [2.05, 4.69) is 133 Å². The molecule has 9 rings (SSSR count). The van der Waals surface area contributed by atoms with Gasteiger partial charge in [0.2, 0.25) is 0 Å². The van der Waals surface area contributed by atoms with Gasteiger partial charge < -0.3 is 0 Å². The van der Waals surface area contributed by atoms with Gasteiger partial charge in [0.25, 0.3) is 0 Å². The van der Waals surface area contributed by atoms with Crippen LogP contribution in [0.3, 0.4) is 0 Å². The molecular weight excluding hydrogens is 515 g/mol. The molecule has 41 heavy (non-hydrogen) atoms. The number of rotatable bonds is 2. The van der Waals surface area contributed by atoms with Crippen LogP contribution >= 0.6 is 11.3 Å². The number of hydrogen-bond acceptors (Lipinski definition) is 2. The van der Waals surface area contributed by atoms with Crippen LogP contribution in [0.2, 0.25) is 0 Å². The highest BCUT2D eigenvalue weighted by Gasteiger charge is 2.16. The quantitative estimate of drug-likeness (QED) is 0.200. The average molecular weight is 538 g/mol. The predicted molar refractivity (Wildman–Crippen MR) is 178 cm³/mol. The Bertz CT molecular complexity index is 2420. The molecule has 0 bridgehead atoms. The molecule has 0 aliphatic carbocycles. The molecule has 1 heterocycles. The second kappa shape index (κ2) is 8.72. The molecule has 0 atom stereocenters. The third kappa shape index (κ3) is 3.38. The summed E-state index contributed by atoms with van der Waals surface area (Å²) in [5.41, 5.74) is 4.65. The maximum absolute atomic E-state index is 4.86. The zero-order chi connectivity index (χ0) is 26.9. The topological polar surface area (TPSA) is 12.9 Å². The lowest BCUT2D eigenvalue weighted by Crippen LogP contribution is -1.89. The molecular formula is C39H23NS. The van der Waals surface area contributed by atoms with Crippen LogP contribution in [0.4, 0.5) is 0 Å². The van der Waals surface area contributed by atoms with E-state index in [-0.39, 0.29) is 0 Å². The molecule has 0 fully saturated rings. The molecule has 0 aliphatic rings. The van der Waals surface area contributed by atoms with Crippen molar-refractivity contribution in [2.75, 3.05) is 0 Å². The third-order valence-corrected chi connectivity index (χ3v) is 9.55. The Balaban J connectivity index is 1.32. The fourth-order valence-electron chi connectivity index (χ4n) is 6.60. The van der Waals surface area contributed by atoms with Crippen LogP contribution in [0, 0.1) is 0 Å². The van der Waals surface area contributed by atoms with Gasteiger partial charge in [0.15, 0.2) is 0 Å². The van der Waals surface area contributed by atoms with Gasteiger partial charge in [0.1, 0.15) is 5.01 Å². The first-order chi connectivity index (χ1) is 20.3. The summed E-state index contributed by atoms with van der Waals surface area (Å²) >= 11 is 1.75. The molecule has 0 unspecified atom stereocenters. The number of para-hydroxylation sites is 1. The summed E-state index contributed by atoms with van der Waals surface area (Å²) in [5, 5.41) is 14.2. The summed E-state index contributed by atoms with van der Waals surface area (Å²) in [5.74, 6) is 0. The highest BCUT2D eigenvalue weighted by molar-refractivity contribution is 7.21. The van der Waals surface area contributed by atoms with Gasteiger partial charge in [-0.3, -0.25) is 0 Å². The first-order valence-electron chi connectivity index (χ1n) is 14.0. The fourth-order valence-corrected chi connectivity index (χ4v) is 7.57. The number of fused-ring (bicyclic) bond motifs is 12. The lowest BCUT2D eigenvalue weighted by molar-refractivity contribution is 1.48. The van der Waals surface area contributed by atoms with Crippen LogP contribution < -0.4 is 0 Å². The zero-order valence-corrected chi connectivity index (χ0v) is 23.0. The monoisotopic (exact) mass is 537 g/mol. The second-order valence-electron chi connectivity index (χ2n) is 10.7. The van der Waals surface area contributed by atoms with Gasteiger partial charge >= 0.3 is 0 Å². The van der Waals surface area contributed by atoms with Gasteiger partial charge in [0.05, 0.1) is 10.2 Å². The van der Waals surface area contributed by atoms with E-state index in [4.69, 9.17) is 4.98 Å². The maximum atomic E-state index is 4.86. The molecule has 0 aliphatic heterocycles. The van der Waals surface area contributed by atoms with Crippen molar-refractivity contribution in [1.82, 2.24) is 4.98 Å². The van der Waals surface area contributed by atoms with E-state index >= 15 is 0 Å². The molecule has 1 nitrogen and oxygen atoms in total. The van der Waals surface area contributed by atoms with E-state index < -0.39 is 0 Å². The van der Waals surface area contributed by atoms with Crippen LogP contribution in [0.15, 0.2) is 140 Å². The van der Waals surface area contributed by atoms with Crippen LogP contribution in [0.1, 0.15) is 0 Å². The largest absolute Gasteiger partial charge is 0.236 e. The summed E-state index contributed by atoms with van der Waals surface area (Å²) in [6.45, 7) is 0. The lowest BCUT2D eigenvalue weighted by atomic mass is 9.86. The van der Waals surface area contributed by atoms with Gasteiger partial charge in [-0.15, -0.1) is 11.3 Å². The van der Waals surface area contributed by atoms with E-state index in [1.807, 2.05) is 6.07 Å². The Labute approximate surface area is 240 Å². The number of benzene rings is 8. The maximum Gasteiger partial charge on any atom is 0.124 e. The smallest absolute Gasteiger partial charge is 0.124 e. The van der Waals surface area contributed by atoms with Crippen molar-refractivity contribution in [3.05, 3.63) is 140 Å². The van der Waals surface area contributed by atoms with Crippen molar-refractivity contribution in [2.24, 2.45) is 0 Å². The minimum atomic E-state index is 1.06. The molecule has 9 aromatic rings. The third-order valence-electron chi connectivity index (χ3n) is 8.47. The first kappa shape index (κ1) is 22.7. The molecule has 2 heteroatoms. The van der Waals surface area contributed by atoms with Gasteiger partial charge in [-0.2, -0.15) is 0 Å². The lowest BCUT2D eigenvalue weighted by Gasteiger charge is -2.17. The molecule has 0 spiro atoms. The summed E-state index contributed by atoms with van der Waals surface area (Å²) in [4.78, 5) is 4.86. The van der Waals surface area contributed by atoms with E-state index in [1.54, 1.807) is 11.3 Å². The highest BCUT2D eigenvalue weighted by Crippen LogP contribution is 2.44. The number of aromatic nitrogens is 1. The van der Waals surface area contributed by atoms with Crippen molar-refractivity contribution in [3.8, 4) is 21.7 Å². The van der Waals surface area contributed by atoms with Crippen LogP contribution in [-0.2, 0) is 0 Å². The molecule has 1 aromatic heterocycles. The van der Waals surface area contributed by atoms with Crippen molar-refractivity contribution >= 4 is 75.4 Å². The Kier molecular flexibility index (Phi) is 4.84. The average Bonchev–Trinajstić information content (AvgIpc) is 3.49. The summed E-state index contributed by atoms with van der Waals surface area (Å²) in [6.07, 6.45) is 0. The zero-order valence-electron chi connectivity index (χ0n) is 22.1. The van der Waals surface area contributed by atoms with Crippen molar-refractivity contribution < 1.29 is 0 Å². The highest BCUT2D eigenvalue weighted by atomic mass is 32.1. The number of hydrogen-bond donors (Lipinski definition) is 0. The van der Waals surface area contributed by atoms with Crippen molar-refractivity contribution in [1.29, 1.82) is 0 Å². The minimum Gasteiger partial charge on any atom is -0.236 e. The fraction of sp³-hybridized carbons (Fsp3) is 0. The van der Waals surface area contributed by atoms with E-state index in [1.165, 1.54) is 69.7 Å². The summed E-state index contributed by atoms with van der Waals surface area (Å²) in [7, 11) is 0. The first-order valence-corrected chi connectivity index (χ1v) is 14.8. The Hall–Kier alpha value is -5.05. The number of thiazole rings is 1. The van der Waals surface area contributed by atoms with Gasteiger partial charge in [0, 0.05) is 5.56 Å². The van der Waals surface area contributed by atoms with E-state index in [0.717, 1.165) is 16.1 Å².